The summed E-state index contributed by atoms with van der Waals surface area (Å²) >= 11 is 0. The van der Waals surface area contributed by atoms with Gasteiger partial charge in [0.1, 0.15) is 5.75 Å². The third kappa shape index (κ3) is 3.21. The fraction of sp³-hybridized carbons (Fsp3) is 0.588. The number of rotatable bonds is 5. The molecule has 4 heteroatoms. The van der Waals surface area contributed by atoms with Crippen molar-refractivity contribution < 1.29 is 9.53 Å². The SMILES string of the molecule is CCCCC(N)c1ccc2c(c1)N(C)C(=O)C(C(C)C)O2. The Balaban J connectivity index is 2.27. The summed E-state index contributed by atoms with van der Waals surface area (Å²) in [7, 11) is 1.81. The summed E-state index contributed by atoms with van der Waals surface area (Å²) in [5, 5.41) is 0. The van der Waals surface area contributed by atoms with Crippen molar-refractivity contribution in [2.45, 2.75) is 52.2 Å². The highest BCUT2D eigenvalue weighted by molar-refractivity contribution is 5.99. The summed E-state index contributed by atoms with van der Waals surface area (Å²) in [6.45, 7) is 6.15. The van der Waals surface area contributed by atoms with Crippen LogP contribution in [0.4, 0.5) is 5.69 Å². The number of hydrogen-bond donors (Lipinski definition) is 1. The zero-order chi connectivity index (χ0) is 15.6. The second-order valence-corrected chi connectivity index (χ2v) is 6.16. The first-order valence-electron chi connectivity index (χ1n) is 7.79. The van der Waals surface area contributed by atoms with Crippen LogP contribution < -0.4 is 15.4 Å². The van der Waals surface area contributed by atoms with Gasteiger partial charge in [0.15, 0.2) is 6.10 Å². The molecule has 1 aliphatic heterocycles. The Morgan fingerprint density at radius 1 is 1.38 bits per heavy atom. The molecule has 0 radical (unpaired) electrons. The number of nitrogens with zero attached hydrogens (tertiary/aromatic N) is 1. The summed E-state index contributed by atoms with van der Waals surface area (Å²) in [6.07, 6.45) is 2.81. The average Bonchev–Trinajstić information content (AvgIpc) is 2.47. The Morgan fingerprint density at radius 3 is 2.71 bits per heavy atom. The Kier molecular flexibility index (Phi) is 4.88. The molecule has 1 aromatic rings. The van der Waals surface area contributed by atoms with Crippen molar-refractivity contribution in [3.63, 3.8) is 0 Å². The monoisotopic (exact) mass is 290 g/mol. The van der Waals surface area contributed by atoms with Crippen LogP contribution in [0.25, 0.3) is 0 Å². The van der Waals surface area contributed by atoms with Crippen LogP contribution in [0.5, 0.6) is 5.75 Å². The number of ether oxygens (including phenoxy) is 1. The van der Waals surface area contributed by atoms with E-state index in [1.54, 1.807) is 11.9 Å². The maximum atomic E-state index is 12.4. The van der Waals surface area contributed by atoms with Gasteiger partial charge in [-0.15, -0.1) is 0 Å². The van der Waals surface area contributed by atoms with E-state index in [9.17, 15) is 4.79 Å². The molecule has 0 aliphatic carbocycles. The molecule has 116 valence electrons. The van der Waals surface area contributed by atoms with Gasteiger partial charge in [-0.3, -0.25) is 4.79 Å². The van der Waals surface area contributed by atoms with Crippen molar-refractivity contribution in [1.29, 1.82) is 0 Å². The van der Waals surface area contributed by atoms with Crippen molar-refractivity contribution in [1.82, 2.24) is 0 Å². The number of unbranched alkanes of at least 4 members (excludes halogenated alkanes) is 1. The summed E-state index contributed by atoms with van der Waals surface area (Å²) in [5.41, 5.74) is 8.11. The fourth-order valence-electron chi connectivity index (χ4n) is 2.64. The van der Waals surface area contributed by atoms with Crippen molar-refractivity contribution >= 4 is 11.6 Å². The van der Waals surface area contributed by atoms with E-state index in [0.717, 1.165) is 36.3 Å². The molecular formula is C17H26N2O2. The molecule has 0 saturated heterocycles. The molecule has 4 nitrogen and oxygen atoms in total. The molecule has 1 heterocycles. The van der Waals surface area contributed by atoms with Gasteiger partial charge in [-0.2, -0.15) is 0 Å². The van der Waals surface area contributed by atoms with E-state index in [-0.39, 0.29) is 17.9 Å². The predicted molar refractivity (Wildman–Crippen MR) is 85.6 cm³/mol. The van der Waals surface area contributed by atoms with Crippen molar-refractivity contribution in [3.8, 4) is 5.75 Å². The maximum absolute atomic E-state index is 12.4. The van der Waals surface area contributed by atoms with E-state index >= 15 is 0 Å². The minimum absolute atomic E-state index is 0.0109. The van der Waals surface area contributed by atoms with E-state index in [0.29, 0.717) is 0 Å². The minimum Gasteiger partial charge on any atom is -0.478 e. The van der Waals surface area contributed by atoms with Gasteiger partial charge in [0, 0.05) is 13.1 Å². The molecule has 2 atom stereocenters. The highest BCUT2D eigenvalue weighted by Gasteiger charge is 2.34. The van der Waals surface area contributed by atoms with Crippen LogP contribution in [-0.4, -0.2) is 19.1 Å². The Morgan fingerprint density at radius 2 is 2.10 bits per heavy atom. The highest BCUT2D eigenvalue weighted by Crippen LogP contribution is 2.37. The molecule has 0 bridgehead atoms. The molecular weight excluding hydrogens is 264 g/mol. The van der Waals surface area contributed by atoms with Crippen molar-refractivity contribution in [2.75, 3.05) is 11.9 Å². The van der Waals surface area contributed by atoms with Crippen LogP contribution in [0.3, 0.4) is 0 Å². The number of amides is 1. The number of anilines is 1. The van der Waals surface area contributed by atoms with Crippen molar-refractivity contribution in [3.05, 3.63) is 23.8 Å². The van der Waals surface area contributed by atoms with Gasteiger partial charge in [-0.25, -0.2) is 0 Å². The Hall–Kier alpha value is -1.55. The number of likely N-dealkylation sites (N-methyl/N-ethyl adjacent to an activating group) is 1. The first-order valence-corrected chi connectivity index (χ1v) is 7.79. The van der Waals surface area contributed by atoms with E-state index in [1.807, 2.05) is 32.0 Å². The average molecular weight is 290 g/mol. The number of nitrogens with two attached hydrogens (primary N) is 1. The van der Waals surface area contributed by atoms with E-state index < -0.39 is 6.10 Å². The molecule has 2 N–H and O–H groups in total. The lowest BCUT2D eigenvalue weighted by molar-refractivity contribution is -0.127. The molecule has 0 aromatic heterocycles. The predicted octanol–water partition coefficient (Wildman–Crippen LogP) is 3.26. The number of carbonyl (C=O) groups is 1. The Labute approximate surface area is 127 Å². The van der Waals surface area contributed by atoms with E-state index in [1.165, 1.54) is 0 Å². The van der Waals surface area contributed by atoms with Crippen LogP contribution in [0.1, 0.15) is 51.6 Å². The first kappa shape index (κ1) is 15.8. The van der Waals surface area contributed by atoms with Crippen LogP contribution in [0.15, 0.2) is 18.2 Å². The summed E-state index contributed by atoms with van der Waals surface area (Å²) < 4.78 is 5.86. The zero-order valence-corrected chi connectivity index (χ0v) is 13.4. The Bertz CT molecular complexity index is 514. The quantitative estimate of drug-likeness (QED) is 0.905. The van der Waals surface area contributed by atoms with E-state index in [4.69, 9.17) is 10.5 Å². The molecule has 0 saturated carbocycles. The maximum Gasteiger partial charge on any atom is 0.268 e. The zero-order valence-electron chi connectivity index (χ0n) is 13.4. The van der Waals surface area contributed by atoms with E-state index in [2.05, 4.69) is 6.92 Å². The normalized spacial score (nSPS) is 19.4. The summed E-state index contributed by atoms with van der Waals surface area (Å²) in [6, 6.07) is 5.96. The molecule has 1 aliphatic rings. The van der Waals surface area contributed by atoms with Crippen molar-refractivity contribution in [2.24, 2.45) is 11.7 Å². The number of fused-ring (bicyclic) bond motifs is 1. The minimum atomic E-state index is -0.401. The lowest BCUT2D eigenvalue weighted by Gasteiger charge is -2.34. The van der Waals surface area contributed by atoms with Crippen LogP contribution in [0, 0.1) is 5.92 Å². The second kappa shape index (κ2) is 6.48. The van der Waals surface area contributed by atoms with Gasteiger partial charge in [-0.1, -0.05) is 39.7 Å². The largest absolute Gasteiger partial charge is 0.478 e. The van der Waals surface area contributed by atoms with Crippen LogP contribution >= 0.6 is 0 Å². The van der Waals surface area contributed by atoms with Gasteiger partial charge in [0.05, 0.1) is 5.69 Å². The lowest BCUT2D eigenvalue weighted by Crippen LogP contribution is -2.46. The van der Waals surface area contributed by atoms with Gasteiger partial charge in [0.2, 0.25) is 0 Å². The van der Waals surface area contributed by atoms with Gasteiger partial charge in [-0.05, 0) is 30.0 Å². The second-order valence-electron chi connectivity index (χ2n) is 6.16. The number of benzene rings is 1. The van der Waals surface area contributed by atoms with Crippen LogP contribution in [0.2, 0.25) is 0 Å². The molecule has 2 unspecified atom stereocenters. The van der Waals surface area contributed by atoms with Gasteiger partial charge >= 0.3 is 0 Å². The topological polar surface area (TPSA) is 55.6 Å². The number of hydrogen-bond acceptors (Lipinski definition) is 3. The molecule has 0 spiro atoms. The van der Waals surface area contributed by atoms with Gasteiger partial charge in [0.25, 0.3) is 5.91 Å². The fourth-order valence-corrected chi connectivity index (χ4v) is 2.64. The standard InChI is InChI=1S/C17H26N2O2/c1-5-6-7-13(18)12-8-9-15-14(10-12)19(4)17(20)16(21-15)11(2)3/h8-11,13,16H,5-7,18H2,1-4H3. The smallest absolute Gasteiger partial charge is 0.268 e. The lowest BCUT2D eigenvalue weighted by atomic mass is 9.99. The summed E-state index contributed by atoms with van der Waals surface area (Å²) in [4.78, 5) is 14.0. The summed E-state index contributed by atoms with van der Waals surface area (Å²) in [5.74, 6) is 0.929. The molecule has 1 aromatic carbocycles. The molecule has 2 rings (SSSR count). The third-order valence-corrected chi connectivity index (χ3v) is 4.07. The molecule has 0 fully saturated rings. The third-order valence-electron chi connectivity index (χ3n) is 4.07. The van der Waals surface area contributed by atoms with Crippen LogP contribution in [-0.2, 0) is 4.79 Å². The van der Waals surface area contributed by atoms with Gasteiger partial charge < -0.3 is 15.4 Å². The number of carbonyl (C=O) groups excluding carboxylic acids is 1. The first-order chi connectivity index (χ1) is 9.95. The molecule has 21 heavy (non-hydrogen) atoms. The highest BCUT2D eigenvalue weighted by atomic mass is 16.5. The molecule has 1 amide bonds.